The van der Waals surface area contributed by atoms with Crippen LogP contribution in [0.1, 0.15) is 24.0 Å². The molecular formula is C24H34FN5O. The van der Waals surface area contributed by atoms with Gasteiger partial charge < -0.3 is 25.2 Å². The summed E-state index contributed by atoms with van der Waals surface area (Å²) in [6, 6.07) is 13.8. The lowest BCUT2D eigenvalue weighted by molar-refractivity contribution is 0.392. The summed E-state index contributed by atoms with van der Waals surface area (Å²) in [5.74, 6) is 1.47. The van der Waals surface area contributed by atoms with Gasteiger partial charge in [-0.25, -0.2) is 4.39 Å². The molecule has 6 nitrogen and oxygen atoms in total. The number of aliphatic imine (C=N–C) groups is 1. The van der Waals surface area contributed by atoms with E-state index < -0.39 is 0 Å². The molecule has 2 N–H and O–H groups in total. The molecule has 0 amide bonds. The fraction of sp³-hybridized carbons (Fsp3) is 0.458. The van der Waals surface area contributed by atoms with Crippen molar-refractivity contribution in [3.05, 3.63) is 59.4 Å². The third-order valence-electron chi connectivity index (χ3n) is 5.46. The molecule has 0 saturated carbocycles. The lowest BCUT2D eigenvalue weighted by Gasteiger charge is -2.35. The largest absolute Gasteiger partial charge is 0.497 e. The molecule has 1 fully saturated rings. The summed E-state index contributed by atoms with van der Waals surface area (Å²) in [6.07, 6.45) is 2.20. The van der Waals surface area contributed by atoms with Crippen LogP contribution in [0, 0.1) is 5.82 Å². The van der Waals surface area contributed by atoms with Crippen LogP contribution in [0.2, 0.25) is 0 Å². The number of anilines is 1. The zero-order chi connectivity index (χ0) is 22.2. The van der Waals surface area contributed by atoms with Crippen LogP contribution in [-0.2, 0) is 13.1 Å². The highest BCUT2D eigenvalue weighted by molar-refractivity contribution is 5.80. The molecule has 0 bridgehead atoms. The second-order valence-electron chi connectivity index (χ2n) is 8.22. The van der Waals surface area contributed by atoms with E-state index in [-0.39, 0.29) is 5.82 Å². The average molecular weight is 428 g/mol. The average Bonchev–Trinajstić information content (AvgIpc) is 2.78. The summed E-state index contributed by atoms with van der Waals surface area (Å²) in [5, 5.41) is 6.92. The number of hydrogen-bond donors (Lipinski definition) is 2. The van der Waals surface area contributed by atoms with Crippen LogP contribution in [-0.4, -0.2) is 58.2 Å². The SMILES string of the molecule is CN=C(NCc1ccc(F)c(CN(C)C)c1)NC1CCCN(c2cccc(OC)c2)C1. The first-order valence-corrected chi connectivity index (χ1v) is 10.8. The number of halogens is 1. The molecule has 31 heavy (non-hydrogen) atoms. The van der Waals surface area contributed by atoms with Gasteiger partial charge in [-0.1, -0.05) is 12.1 Å². The number of nitrogens with zero attached hydrogens (tertiary/aromatic N) is 3. The molecule has 1 saturated heterocycles. The van der Waals surface area contributed by atoms with E-state index in [9.17, 15) is 4.39 Å². The molecule has 7 heteroatoms. The van der Waals surface area contributed by atoms with Crippen LogP contribution < -0.4 is 20.3 Å². The lowest BCUT2D eigenvalue weighted by Crippen LogP contribution is -2.51. The second kappa shape index (κ2) is 11.0. The first kappa shape index (κ1) is 22.9. The Kier molecular flexibility index (Phi) is 8.12. The van der Waals surface area contributed by atoms with Gasteiger partial charge in [0.05, 0.1) is 7.11 Å². The van der Waals surface area contributed by atoms with Gasteiger partial charge in [-0.3, -0.25) is 4.99 Å². The van der Waals surface area contributed by atoms with Crippen molar-refractivity contribution in [1.29, 1.82) is 0 Å². The van der Waals surface area contributed by atoms with E-state index >= 15 is 0 Å². The molecule has 2 aromatic carbocycles. The lowest BCUT2D eigenvalue weighted by atomic mass is 10.0. The Bertz CT molecular complexity index is 886. The molecule has 1 heterocycles. The van der Waals surface area contributed by atoms with Crippen molar-refractivity contribution in [2.45, 2.75) is 32.0 Å². The Balaban J connectivity index is 1.57. The van der Waals surface area contributed by atoms with Gasteiger partial charge in [-0.05, 0) is 56.8 Å². The fourth-order valence-corrected chi connectivity index (χ4v) is 3.91. The Morgan fingerprint density at radius 2 is 2.10 bits per heavy atom. The molecule has 1 atom stereocenters. The standard InChI is InChI=1S/C24H34FN5O/c1-26-24(27-15-18-10-11-23(25)19(13-18)16-29(2)3)28-20-7-6-12-30(17-20)21-8-5-9-22(14-21)31-4/h5,8-11,13-14,20H,6-7,12,15-17H2,1-4H3,(H2,26,27,28). The molecule has 1 unspecified atom stereocenters. The number of guanidine groups is 1. The number of nitrogens with one attached hydrogen (secondary N) is 2. The number of rotatable bonds is 7. The van der Waals surface area contributed by atoms with Crippen molar-refractivity contribution in [3.63, 3.8) is 0 Å². The van der Waals surface area contributed by atoms with Crippen LogP contribution >= 0.6 is 0 Å². The van der Waals surface area contributed by atoms with Crippen molar-refractivity contribution in [3.8, 4) is 5.75 Å². The van der Waals surface area contributed by atoms with Crippen LogP contribution in [0.4, 0.5) is 10.1 Å². The predicted octanol–water partition coefficient (Wildman–Crippen LogP) is 3.23. The fourth-order valence-electron chi connectivity index (χ4n) is 3.91. The van der Waals surface area contributed by atoms with Gasteiger partial charge in [0, 0.05) is 56.6 Å². The van der Waals surface area contributed by atoms with Crippen LogP contribution in [0.5, 0.6) is 5.75 Å². The Hall–Kier alpha value is -2.80. The van der Waals surface area contributed by atoms with E-state index in [0.717, 1.165) is 43.2 Å². The van der Waals surface area contributed by atoms with Crippen molar-refractivity contribution in [1.82, 2.24) is 15.5 Å². The van der Waals surface area contributed by atoms with Gasteiger partial charge in [0.15, 0.2) is 5.96 Å². The first-order valence-electron chi connectivity index (χ1n) is 10.8. The van der Waals surface area contributed by atoms with Crippen LogP contribution in [0.25, 0.3) is 0 Å². The van der Waals surface area contributed by atoms with Gasteiger partial charge in [0.25, 0.3) is 0 Å². The number of hydrogen-bond acceptors (Lipinski definition) is 4. The van der Waals surface area contributed by atoms with Crippen molar-refractivity contribution >= 4 is 11.6 Å². The molecule has 0 aromatic heterocycles. The highest BCUT2D eigenvalue weighted by Crippen LogP contribution is 2.24. The Morgan fingerprint density at radius 1 is 1.26 bits per heavy atom. The summed E-state index contributed by atoms with van der Waals surface area (Å²) in [7, 11) is 7.35. The van der Waals surface area contributed by atoms with Gasteiger partial charge in [-0.15, -0.1) is 0 Å². The molecule has 0 radical (unpaired) electrons. The molecule has 3 rings (SSSR count). The number of ether oxygens (including phenoxy) is 1. The number of piperidine rings is 1. The third kappa shape index (κ3) is 6.59. The first-order chi connectivity index (χ1) is 15.0. The predicted molar refractivity (Wildman–Crippen MR) is 125 cm³/mol. The quantitative estimate of drug-likeness (QED) is 0.525. The summed E-state index contributed by atoms with van der Waals surface area (Å²) >= 11 is 0. The maximum Gasteiger partial charge on any atom is 0.191 e. The highest BCUT2D eigenvalue weighted by atomic mass is 19.1. The maximum atomic E-state index is 14.0. The van der Waals surface area contributed by atoms with Crippen molar-refractivity contribution in [2.24, 2.45) is 4.99 Å². The van der Waals surface area contributed by atoms with Crippen molar-refractivity contribution < 1.29 is 9.13 Å². The van der Waals surface area contributed by atoms with E-state index in [1.165, 1.54) is 5.69 Å². The topological polar surface area (TPSA) is 52.1 Å². The smallest absolute Gasteiger partial charge is 0.191 e. The number of benzene rings is 2. The van der Waals surface area contributed by atoms with E-state index in [4.69, 9.17) is 4.74 Å². The minimum Gasteiger partial charge on any atom is -0.497 e. The van der Waals surface area contributed by atoms with Gasteiger partial charge in [0.1, 0.15) is 11.6 Å². The zero-order valence-electron chi connectivity index (χ0n) is 19.0. The molecule has 2 aromatic rings. The van der Waals surface area contributed by atoms with E-state index in [2.05, 4.69) is 32.7 Å². The van der Waals surface area contributed by atoms with E-state index in [1.807, 2.05) is 43.3 Å². The maximum absolute atomic E-state index is 14.0. The summed E-state index contributed by atoms with van der Waals surface area (Å²) in [6.45, 7) is 3.10. The highest BCUT2D eigenvalue weighted by Gasteiger charge is 2.21. The molecular weight excluding hydrogens is 393 g/mol. The summed E-state index contributed by atoms with van der Waals surface area (Å²) in [5.41, 5.74) is 2.91. The van der Waals surface area contributed by atoms with Gasteiger partial charge in [-0.2, -0.15) is 0 Å². The summed E-state index contributed by atoms with van der Waals surface area (Å²) in [4.78, 5) is 8.73. The monoisotopic (exact) mass is 427 g/mol. The Morgan fingerprint density at radius 3 is 2.84 bits per heavy atom. The zero-order valence-corrected chi connectivity index (χ0v) is 19.0. The molecule has 1 aliphatic heterocycles. The minimum atomic E-state index is -0.167. The number of methoxy groups -OCH3 is 1. The normalized spacial score (nSPS) is 17.0. The van der Waals surface area contributed by atoms with Gasteiger partial charge in [0.2, 0.25) is 0 Å². The minimum absolute atomic E-state index is 0.167. The molecule has 0 aliphatic carbocycles. The van der Waals surface area contributed by atoms with Crippen LogP contribution in [0.15, 0.2) is 47.5 Å². The Labute approximate surface area is 185 Å². The van der Waals surface area contributed by atoms with Crippen LogP contribution in [0.3, 0.4) is 0 Å². The second-order valence-corrected chi connectivity index (χ2v) is 8.22. The summed E-state index contributed by atoms with van der Waals surface area (Å²) < 4.78 is 19.4. The molecule has 0 spiro atoms. The third-order valence-corrected chi connectivity index (χ3v) is 5.46. The van der Waals surface area contributed by atoms with Gasteiger partial charge >= 0.3 is 0 Å². The molecule has 168 valence electrons. The van der Waals surface area contributed by atoms with E-state index in [1.54, 1.807) is 20.2 Å². The van der Waals surface area contributed by atoms with E-state index in [0.29, 0.717) is 24.7 Å². The molecule has 1 aliphatic rings. The van der Waals surface area contributed by atoms with Crippen molar-refractivity contribution in [2.75, 3.05) is 46.2 Å².